The quantitative estimate of drug-likeness (QED) is 0.384. The number of pyridine rings is 1. The van der Waals surface area contributed by atoms with E-state index in [2.05, 4.69) is 128 Å². The van der Waals surface area contributed by atoms with Gasteiger partial charge in [-0.2, -0.15) is 4.57 Å². The number of fused-ring (bicyclic) bond motifs is 1. The Morgan fingerprint density at radius 1 is 0.730 bits per heavy atom. The van der Waals surface area contributed by atoms with E-state index in [1.807, 2.05) is 0 Å². The van der Waals surface area contributed by atoms with Gasteiger partial charge in [-0.25, -0.2) is 18.6 Å². The number of anilines is 1. The predicted molar refractivity (Wildman–Crippen MR) is 135 cm³/mol. The summed E-state index contributed by atoms with van der Waals surface area (Å²) in [5.74, 6) is 0. The lowest BCUT2D eigenvalue weighted by Crippen LogP contribution is -2.68. The van der Waals surface area contributed by atoms with E-state index in [1.54, 1.807) is 0 Å². The summed E-state index contributed by atoms with van der Waals surface area (Å²) in [6, 6.07) is 32.8. The minimum absolute atomic E-state index is 1.09. The van der Waals surface area contributed by atoms with Gasteiger partial charge >= 0.3 is 0 Å². The summed E-state index contributed by atoms with van der Waals surface area (Å²) in [6.07, 6.45) is 4.58. The molecular formula is C30H29ClN2O4. The number of rotatable bonds is 4. The van der Waals surface area contributed by atoms with Crippen molar-refractivity contribution in [1.82, 2.24) is 0 Å². The minimum Gasteiger partial charge on any atom is -0.378 e. The van der Waals surface area contributed by atoms with Crippen molar-refractivity contribution in [2.45, 2.75) is 12.8 Å². The molecule has 0 unspecified atom stereocenters. The molecule has 1 aliphatic carbocycles. The van der Waals surface area contributed by atoms with Gasteiger partial charge in [-0.05, 0) is 64.9 Å². The maximum atomic E-state index is 8.49. The first kappa shape index (κ1) is 26.5. The van der Waals surface area contributed by atoms with Crippen molar-refractivity contribution in [3.05, 3.63) is 108 Å². The van der Waals surface area contributed by atoms with Crippen molar-refractivity contribution < 1.29 is 33.4 Å². The van der Waals surface area contributed by atoms with E-state index in [4.69, 9.17) is 18.6 Å². The number of aromatic nitrogens is 1. The molecular weight excluding hydrogens is 488 g/mol. The van der Waals surface area contributed by atoms with Crippen molar-refractivity contribution in [1.29, 1.82) is 0 Å². The Kier molecular flexibility index (Phi) is 8.07. The van der Waals surface area contributed by atoms with Crippen molar-refractivity contribution in [2.24, 2.45) is 7.05 Å². The smallest absolute Gasteiger partial charge is 0.213 e. The molecule has 7 heteroatoms. The molecule has 6 nitrogen and oxygen atoms in total. The van der Waals surface area contributed by atoms with Gasteiger partial charge in [-0.15, -0.1) is 10.2 Å². The molecule has 0 N–H and O–H groups in total. The topological polar surface area (TPSA) is 99.4 Å². The van der Waals surface area contributed by atoms with Crippen LogP contribution in [0.25, 0.3) is 34.0 Å². The maximum absolute atomic E-state index is 8.49. The highest BCUT2D eigenvalue weighted by Gasteiger charge is 2.21. The van der Waals surface area contributed by atoms with Gasteiger partial charge in [0.2, 0.25) is 11.4 Å². The number of halogens is 1. The SMILES string of the molecule is CN(C)c1ccc2c(c1)CC/C2=C\c1cc(-c2ccccc2)cc(-c2ccccc2)[n+]1C.[O-][Cl+3]([O-])([O-])[O-]. The zero-order valence-electron chi connectivity index (χ0n) is 21.1. The van der Waals surface area contributed by atoms with Crippen LogP contribution in [0.3, 0.4) is 0 Å². The number of nitrogens with zero attached hydrogens (tertiary/aromatic N) is 2. The molecule has 1 heterocycles. The first-order chi connectivity index (χ1) is 17.6. The second-order valence-corrected chi connectivity index (χ2v) is 9.88. The molecule has 4 aromatic rings. The zero-order chi connectivity index (χ0) is 26.6. The summed E-state index contributed by atoms with van der Waals surface area (Å²) >= 11 is 0. The Hall–Kier alpha value is -3.52. The summed E-state index contributed by atoms with van der Waals surface area (Å²) < 4.78 is 36.3. The van der Waals surface area contributed by atoms with Gasteiger partial charge in [0.25, 0.3) is 0 Å². The van der Waals surface area contributed by atoms with Crippen LogP contribution in [0.5, 0.6) is 0 Å². The van der Waals surface area contributed by atoms with E-state index in [-0.39, 0.29) is 0 Å². The molecule has 3 aromatic carbocycles. The van der Waals surface area contributed by atoms with E-state index in [0.717, 1.165) is 12.8 Å². The van der Waals surface area contributed by atoms with E-state index in [0.29, 0.717) is 0 Å². The fourth-order valence-corrected chi connectivity index (χ4v) is 4.61. The molecule has 0 fully saturated rings. The first-order valence-electron chi connectivity index (χ1n) is 11.9. The van der Waals surface area contributed by atoms with Crippen LogP contribution in [-0.2, 0) is 13.5 Å². The largest absolute Gasteiger partial charge is 0.378 e. The van der Waals surface area contributed by atoms with Crippen molar-refractivity contribution in [3.8, 4) is 22.4 Å². The second kappa shape index (κ2) is 11.3. The Bertz CT molecular complexity index is 1390. The van der Waals surface area contributed by atoms with E-state index in [1.165, 1.54) is 50.5 Å². The van der Waals surface area contributed by atoms with Gasteiger partial charge in [0.1, 0.15) is 7.05 Å². The van der Waals surface area contributed by atoms with Gasteiger partial charge < -0.3 is 4.90 Å². The van der Waals surface area contributed by atoms with Crippen LogP contribution in [-0.4, -0.2) is 14.1 Å². The molecule has 0 bridgehead atoms. The zero-order valence-corrected chi connectivity index (χ0v) is 21.8. The fraction of sp³-hybridized carbons (Fsp3) is 0.167. The predicted octanol–water partition coefficient (Wildman–Crippen LogP) is 1.64. The van der Waals surface area contributed by atoms with Gasteiger partial charge in [-0.3, -0.25) is 0 Å². The third-order valence-corrected chi connectivity index (χ3v) is 6.46. The lowest BCUT2D eigenvalue weighted by atomic mass is 10.00. The standard InChI is InChI=1S/C30H29N2.ClHO4/c1-31(2)27-16-17-29-24(18-27)14-15-25(29)19-28-20-26(22-10-6-4-7-11-22)21-30(32(28)3)23-12-8-5-9-13-23;2-1(3,4)5/h4-13,16-21H,14-15H2,1-3H3;(H,2,3,4,5)/q+1;/p-1. The third-order valence-electron chi connectivity index (χ3n) is 6.46. The fourth-order valence-electron chi connectivity index (χ4n) is 4.61. The van der Waals surface area contributed by atoms with Crippen LogP contribution < -0.4 is 28.1 Å². The second-order valence-electron chi connectivity index (χ2n) is 9.13. The van der Waals surface area contributed by atoms with Crippen molar-refractivity contribution in [3.63, 3.8) is 0 Å². The van der Waals surface area contributed by atoms with Crippen LogP contribution in [0.2, 0.25) is 0 Å². The molecule has 0 radical (unpaired) electrons. The number of hydrogen-bond acceptors (Lipinski definition) is 5. The summed E-state index contributed by atoms with van der Waals surface area (Å²) in [6.45, 7) is 0. The van der Waals surface area contributed by atoms with Crippen LogP contribution in [0.1, 0.15) is 23.2 Å². The number of benzene rings is 3. The summed E-state index contributed by atoms with van der Waals surface area (Å²) in [7, 11) is 1.44. The monoisotopic (exact) mass is 516 g/mol. The Labute approximate surface area is 219 Å². The lowest BCUT2D eigenvalue weighted by Gasteiger charge is -2.17. The summed E-state index contributed by atoms with van der Waals surface area (Å²) in [4.78, 5) is 2.18. The molecule has 190 valence electrons. The van der Waals surface area contributed by atoms with Crippen LogP contribution >= 0.6 is 0 Å². The normalized spacial score (nSPS) is 13.6. The molecule has 0 spiro atoms. The van der Waals surface area contributed by atoms with E-state index in [9.17, 15) is 0 Å². The minimum atomic E-state index is -4.94. The van der Waals surface area contributed by atoms with Crippen molar-refractivity contribution >= 4 is 17.3 Å². The van der Waals surface area contributed by atoms with Gasteiger partial charge in [0, 0.05) is 43.6 Å². The van der Waals surface area contributed by atoms with Crippen LogP contribution in [0.15, 0.2) is 91.0 Å². The molecule has 0 saturated heterocycles. The first-order valence-corrected chi connectivity index (χ1v) is 13.1. The lowest BCUT2D eigenvalue weighted by molar-refractivity contribution is -2.00. The number of hydrogen-bond donors (Lipinski definition) is 0. The van der Waals surface area contributed by atoms with Crippen LogP contribution in [0.4, 0.5) is 5.69 Å². The van der Waals surface area contributed by atoms with Gasteiger partial charge in [0.15, 0.2) is 0 Å². The highest BCUT2D eigenvalue weighted by atomic mass is 35.7. The highest BCUT2D eigenvalue weighted by molar-refractivity contribution is 5.86. The molecule has 1 aliphatic rings. The molecule has 0 atom stereocenters. The third kappa shape index (κ3) is 6.83. The van der Waals surface area contributed by atoms with E-state index >= 15 is 0 Å². The molecule has 0 saturated carbocycles. The van der Waals surface area contributed by atoms with Crippen molar-refractivity contribution in [2.75, 3.05) is 19.0 Å². The van der Waals surface area contributed by atoms with E-state index < -0.39 is 10.2 Å². The molecule has 37 heavy (non-hydrogen) atoms. The van der Waals surface area contributed by atoms with Gasteiger partial charge in [-0.1, -0.05) is 54.6 Å². The Morgan fingerprint density at radius 3 is 1.92 bits per heavy atom. The number of allylic oxidation sites excluding steroid dienone is 1. The molecule has 1 aromatic heterocycles. The maximum Gasteiger partial charge on any atom is 0.213 e. The Morgan fingerprint density at radius 2 is 1.32 bits per heavy atom. The Balaban J connectivity index is 0.000000586. The summed E-state index contributed by atoms with van der Waals surface area (Å²) in [5, 5.41) is 0. The number of aryl methyl sites for hydroxylation is 1. The highest BCUT2D eigenvalue weighted by Crippen LogP contribution is 2.36. The molecule has 5 rings (SSSR count). The molecule has 0 aliphatic heterocycles. The van der Waals surface area contributed by atoms with Gasteiger partial charge in [0.05, 0.1) is 0 Å². The average Bonchev–Trinajstić information content (AvgIpc) is 3.27. The summed E-state index contributed by atoms with van der Waals surface area (Å²) in [5.41, 5.74) is 11.7. The average molecular weight is 517 g/mol. The van der Waals surface area contributed by atoms with Crippen LogP contribution in [0, 0.1) is 10.2 Å². The molecule has 0 amide bonds.